The second-order valence-electron chi connectivity index (χ2n) is 7.95. The normalized spacial score (nSPS) is 10.7. The largest absolute Gasteiger partial charge is 0.496 e. The number of fused-ring (bicyclic) bond motifs is 1. The number of thiophene rings is 1. The van der Waals surface area contributed by atoms with Crippen LogP contribution < -0.4 is 14.8 Å². The fraction of sp³-hybridized carbons (Fsp3) is 0.185. The van der Waals surface area contributed by atoms with Crippen LogP contribution >= 0.6 is 11.3 Å². The highest BCUT2D eigenvalue weighted by molar-refractivity contribution is 7.20. The minimum absolute atomic E-state index is 0.252. The van der Waals surface area contributed by atoms with Gasteiger partial charge in [-0.3, -0.25) is 4.79 Å². The topological polar surface area (TPSA) is 73.9 Å². The fourth-order valence-corrected chi connectivity index (χ4v) is 4.70. The van der Waals surface area contributed by atoms with Crippen molar-refractivity contribution < 1.29 is 23.8 Å². The van der Waals surface area contributed by atoms with E-state index in [0.717, 1.165) is 32.5 Å². The number of methoxy groups -OCH3 is 2. The molecule has 0 spiro atoms. The van der Waals surface area contributed by atoms with Crippen molar-refractivity contribution in [2.45, 2.75) is 20.5 Å². The summed E-state index contributed by atoms with van der Waals surface area (Å²) in [4.78, 5) is 25.3. The number of amides is 1. The monoisotopic (exact) mass is 475 g/mol. The smallest absolute Gasteiger partial charge is 0.348 e. The van der Waals surface area contributed by atoms with Gasteiger partial charge in [-0.1, -0.05) is 6.07 Å². The molecule has 4 aromatic rings. The summed E-state index contributed by atoms with van der Waals surface area (Å²) in [6, 6.07) is 18.6. The summed E-state index contributed by atoms with van der Waals surface area (Å²) in [5, 5.41) is 3.79. The first kappa shape index (κ1) is 23.3. The zero-order valence-electron chi connectivity index (χ0n) is 19.4. The van der Waals surface area contributed by atoms with Crippen LogP contribution in [0.25, 0.3) is 10.1 Å². The molecule has 0 saturated heterocycles. The number of carbonyl (C=O) groups is 2. The fourth-order valence-electron chi connectivity index (χ4n) is 3.74. The maximum Gasteiger partial charge on any atom is 0.348 e. The van der Waals surface area contributed by atoms with Crippen LogP contribution in [0.4, 0.5) is 5.69 Å². The zero-order chi connectivity index (χ0) is 24.2. The highest BCUT2D eigenvalue weighted by Crippen LogP contribution is 2.29. The van der Waals surface area contributed by atoms with E-state index in [0.29, 0.717) is 21.9 Å². The molecular weight excluding hydrogens is 450 g/mol. The lowest BCUT2D eigenvalue weighted by Gasteiger charge is -2.13. The van der Waals surface area contributed by atoms with Crippen LogP contribution in [0.1, 0.15) is 36.7 Å². The Morgan fingerprint density at radius 1 is 0.912 bits per heavy atom. The molecule has 4 rings (SSSR count). The van der Waals surface area contributed by atoms with Gasteiger partial charge in [-0.2, -0.15) is 0 Å². The van der Waals surface area contributed by atoms with Gasteiger partial charge in [0.1, 0.15) is 23.0 Å². The molecule has 0 radical (unpaired) electrons. The van der Waals surface area contributed by atoms with Crippen LogP contribution in [0.15, 0.2) is 60.7 Å². The summed E-state index contributed by atoms with van der Waals surface area (Å²) in [7, 11) is 2.95. The minimum atomic E-state index is -0.374. The number of esters is 1. The molecule has 1 amide bonds. The molecule has 0 aliphatic rings. The molecule has 34 heavy (non-hydrogen) atoms. The Morgan fingerprint density at radius 3 is 2.38 bits per heavy atom. The molecule has 0 aliphatic heterocycles. The van der Waals surface area contributed by atoms with Crippen LogP contribution in [0.3, 0.4) is 0 Å². The number of carbonyl (C=O) groups excluding carboxylic acids is 2. The molecule has 174 valence electrons. The van der Waals surface area contributed by atoms with Gasteiger partial charge in [0.25, 0.3) is 5.91 Å². The molecule has 0 bridgehead atoms. The van der Waals surface area contributed by atoms with Crippen LogP contribution in [0, 0.1) is 13.8 Å². The molecule has 1 heterocycles. The lowest BCUT2D eigenvalue weighted by atomic mass is 10.1. The maximum atomic E-state index is 13.0. The molecule has 0 unspecified atom stereocenters. The Hall–Kier alpha value is -3.84. The van der Waals surface area contributed by atoms with E-state index in [9.17, 15) is 9.59 Å². The number of hydrogen-bond acceptors (Lipinski definition) is 6. The standard InChI is InChI=1S/C27H25NO5S/c1-16-9-17(2)11-22(10-16)33-15-20-12-18(5-7-23(20)31-3)26(29)28-21-6-8-24-19(13-21)14-25(34-24)27(30)32-4/h5-14H,15H2,1-4H3,(H,28,29). The average Bonchev–Trinajstić information content (AvgIpc) is 3.25. The van der Waals surface area contributed by atoms with Crippen molar-refractivity contribution in [3.8, 4) is 11.5 Å². The molecule has 0 atom stereocenters. The molecule has 0 fully saturated rings. The molecular formula is C27H25NO5S. The lowest BCUT2D eigenvalue weighted by molar-refractivity contribution is 0.0606. The van der Waals surface area contributed by atoms with E-state index in [1.807, 2.05) is 44.2 Å². The lowest BCUT2D eigenvalue weighted by Crippen LogP contribution is -2.12. The zero-order valence-corrected chi connectivity index (χ0v) is 20.2. The van der Waals surface area contributed by atoms with Crippen LogP contribution in [0.5, 0.6) is 11.5 Å². The van der Waals surface area contributed by atoms with Gasteiger partial charge in [-0.25, -0.2) is 4.79 Å². The SMILES string of the molecule is COC(=O)c1cc2cc(NC(=O)c3ccc(OC)c(COc4cc(C)cc(C)c4)c3)ccc2s1. The third-order valence-corrected chi connectivity index (χ3v) is 6.39. The van der Waals surface area contributed by atoms with E-state index >= 15 is 0 Å². The Bertz CT molecular complexity index is 1350. The van der Waals surface area contributed by atoms with Gasteiger partial charge >= 0.3 is 5.97 Å². The highest BCUT2D eigenvalue weighted by Gasteiger charge is 2.14. The summed E-state index contributed by atoms with van der Waals surface area (Å²) >= 11 is 1.35. The van der Waals surface area contributed by atoms with E-state index in [2.05, 4.69) is 11.4 Å². The Balaban J connectivity index is 1.52. The first-order valence-electron chi connectivity index (χ1n) is 10.7. The van der Waals surface area contributed by atoms with E-state index < -0.39 is 0 Å². The number of rotatable bonds is 7. The van der Waals surface area contributed by atoms with E-state index in [1.54, 1.807) is 31.4 Å². The summed E-state index contributed by atoms with van der Waals surface area (Å²) in [5.74, 6) is 0.791. The Kier molecular flexibility index (Phi) is 6.84. The highest BCUT2D eigenvalue weighted by atomic mass is 32.1. The van der Waals surface area contributed by atoms with Gasteiger partial charge in [-0.05, 0) is 85.0 Å². The van der Waals surface area contributed by atoms with E-state index in [-0.39, 0.29) is 18.5 Å². The van der Waals surface area contributed by atoms with Crippen molar-refractivity contribution in [3.05, 3.63) is 87.8 Å². The molecule has 1 aromatic heterocycles. The van der Waals surface area contributed by atoms with Gasteiger partial charge in [0.15, 0.2) is 0 Å². The van der Waals surface area contributed by atoms with Gasteiger partial charge in [0.05, 0.1) is 14.2 Å². The first-order chi connectivity index (χ1) is 16.4. The minimum Gasteiger partial charge on any atom is -0.496 e. The first-order valence-corrected chi connectivity index (χ1v) is 11.5. The van der Waals surface area contributed by atoms with Gasteiger partial charge in [-0.15, -0.1) is 11.3 Å². The van der Waals surface area contributed by atoms with Gasteiger partial charge < -0.3 is 19.5 Å². The summed E-state index contributed by atoms with van der Waals surface area (Å²) in [5.41, 5.74) is 4.13. The number of nitrogens with one attached hydrogen (secondary N) is 1. The summed E-state index contributed by atoms with van der Waals surface area (Å²) < 4.78 is 17.2. The second-order valence-corrected chi connectivity index (χ2v) is 9.03. The quantitative estimate of drug-likeness (QED) is 0.325. The number of ether oxygens (including phenoxy) is 3. The van der Waals surface area contributed by atoms with Crippen molar-refractivity contribution in [1.29, 1.82) is 0 Å². The van der Waals surface area contributed by atoms with E-state index in [1.165, 1.54) is 18.4 Å². The molecule has 0 saturated carbocycles. The van der Waals surface area contributed by atoms with Gasteiger partial charge in [0, 0.05) is 21.5 Å². The van der Waals surface area contributed by atoms with E-state index in [4.69, 9.17) is 14.2 Å². The predicted molar refractivity (Wildman–Crippen MR) is 134 cm³/mol. The van der Waals surface area contributed by atoms with Gasteiger partial charge in [0.2, 0.25) is 0 Å². The van der Waals surface area contributed by atoms with Crippen LogP contribution in [-0.2, 0) is 11.3 Å². The molecule has 1 N–H and O–H groups in total. The third-order valence-electron chi connectivity index (χ3n) is 5.29. The predicted octanol–water partition coefficient (Wildman–Crippen LogP) is 6.14. The van der Waals surface area contributed by atoms with Crippen molar-refractivity contribution in [3.63, 3.8) is 0 Å². The molecule has 6 nitrogen and oxygen atoms in total. The number of anilines is 1. The average molecular weight is 476 g/mol. The summed E-state index contributed by atoms with van der Waals surface area (Å²) in [6.07, 6.45) is 0. The van der Waals surface area contributed by atoms with Crippen molar-refractivity contribution in [2.75, 3.05) is 19.5 Å². The van der Waals surface area contributed by atoms with Crippen LogP contribution in [-0.4, -0.2) is 26.1 Å². The third kappa shape index (κ3) is 5.21. The number of hydrogen-bond donors (Lipinski definition) is 1. The molecule has 7 heteroatoms. The Morgan fingerprint density at radius 2 is 1.68 bits per heavy atom. The molecule has 3 aromatic carbocycles. The molecule has 0 aliphatic carbocycles. The maximum absolute atomic E-state index is 13.0. The Labute approximate surface area is 202 Å². The van der Waals surface area contributed by atoms with Crippen molar-refractivity contribution in [1.82, 2.24) is 0 Å². The number of aryl methyl sites for hydroxylation is 2. The van der Waals surface area contributed by atoms with Crippen molar-refractivity contribution >= 4 is 39.0 Å². The number of benzene rings is 3. The van der Waals surface area contributed by atoms with Crippen LogP contribution in [0.2, 0.25) is 0 Å². The van der Waals surface area contributed by atoms with Crippen molar-refractivity contribution in [2.24, 2.45) is 0 Å². The summed E-state index contributed by atoms with van der Waals surface area (Å²) in [6.45, 7) is 4.31. The second kappa shape index (κ2) is 9.97.